The van der Waals surface area contributed by atoms with E-state index in [0.717, 1.165) is 49.6 Å². The van der Waals surface area contributed by atoms with Crippen molar-refractivity contribution in [3.8, 4) is 11.5 Å². The van der Waals surface area contributed by atoms with Gasteiger partial charge in [-0.05, 0) is 67.8 Å². The first-order valence-corrected chi connectivity index (χ1v) is 10.8. The van der Waals surface area contributed by atoms with Gasteiger partial charge in [-0.3, -0.25) is 4.79 Å². The fraction of sp³-hybridized carbons (Fsp3) is 0.304. The predicted octanol–water partition coefficient (Wildman–Crippen LogP) is 5.29. The molecule has 0 radical (unpaired) electrons. The minimum Gasteiger partial charge on any atom is -0.463 e. The zero-order chi connectivity index (χ0) is 20.9. The second-order valence-corrected chi connectivity index (χ2v) is 8.30. The molecule has 156 valence electrons. The molecule has 30 heavy (non-hydrogen) atoms. The van der Waals surface area contributed by atoms with Gasteiger partial charge in [0, 0.05) is 25.2 Å². The second kappa shape index (κ2) is 9.65. The molecule has 7 heteroatoms. The van der Waals surface area contributed by atoms with E-state index in [4.69, 9.17) is 27.6 Å². The van der Waals surface area contributed by atoms with Crippen molar-refractivity contribution < 1.29 is 9.21 Å². The predicted molar refractivity (Wildman–Crippen MR) is 119 cm³/mol. The van der Waals surface area contributed by atoms with Gasteiger partial charge in [-0.25, -0.2) is 4.98 Å². The summed E-state index contributed by atoms with van der Waals surface area (Å²) in [6.45, 7) is 3.10. The molecular weight excluding hydrogens is 421 g/mol. The number of hydrogen-bond acceptors (Lipinski definition) is 4. The van der Waals surface area contributed by atoms with E-state index in [1.165, 1.54) is 0 Å². The standard InChI is InChI=1S/C23H23Cl2N3O2/c24-19-7-6-17(13-20(19)25)23(29)28-10-8-16(9-11-28)14-26-15-18-3-1-4-21(27-18)22-5-2-12-30-22/h1-7,12-13,16,26H,8-11,14-15H2. The van der Waals surface area contributed by atoms with Crippen LogP contribution in [0, 0.1) is 5.92 Å². The molecule has 5 nitrogen and oxygen atoms in total. The first kappa shape index (κ1) is 20.9. The summed E-state index contributed by atoms with van der Waals surface area (Å²) in [5.41, 5.74) is 2.41. The van der Waals surface area contributed by atoms with Crippen LogP contribution in [0.5, 0.6) is 0 Å². The number of pyridine rings is 1. The van der Waals surface area contributed by atoms with E-state index in [2.05, 4.69) is 10.3 Å². The molecule has 1 amide bonds. The Hall–Kier alpha value is -2.34. The molecule has 3 aromatic rings. The molecule has 0 aliphatic carbocycles. The number of aromatic nitrogens is 1. The largest absolute Gasteiger partial charge is 0.463 e. The number of hydrogen-bond donors (Lipinski definition) is 1. The molecule has 0 atom stereocenters. The van der Waals surface area contributed by atoms with Crippen molar-refractivity contribution in [3.05, 3.63) is 76.1 Å². The third-order valence-corrected chi connectivity index (χ3v) is 6.13. The van der Waals surface area contributed by atoms with Crippen LogP contribution in [0.2, 0.25) is 10.0 Å². The number of benzene rings is 1. The topological polar surface area (TPSA) is 58.4 Å². The molecule has 0 saturated carbocycles. The lowest BCUT2D eigenvalue weighted by atomic mass is 9.96. The Balaban J connectivity index is 1.24. The van der Waals surface area contributed by atoms with Crippen molar-refractivity contribution in [2.24, 2.45) is 5.92 Å². The molecule has 4 rings (SSSR count). The van der Waals surface area contributed by atoms with E-state index >= 15 is 0 Å². The minimum absolute atomic E-state index is 0.0129. The van der Waals surface area contributed by atoms with Gasteiger partial charge in [-0.2, -0.15) is 0 Å². The number of nitrogens with zero attached hydrogens (tertiary/aromatic N) is 2. The molecule has 0 unspecified atom stereocenters. The Morgan fingerprint density at radius 2 is 1.93 bits per heavy atom. The molecule has 1 aliphatic rings. The number of carbonyl (C=O) groups is 1. The van der Waals surface area contributed by atoms with Gasteiger partial charge in [0.05, 0.1) is 22.0 Å². The molecule has 1 aliphatic heterocycles. The summed E-state index contributed by atoms with van der Waals surface area (Å²) in [6.07, 6.45) is 3.60. The summed E-state index contributed by atoms with van der Waals surface area (Å²) in [5.74, 6) is 1.32. The first-order chi connectivity index (χ1) is 14.6. The summed E-state index contributed by atoms with van der Waals surface area (Å²) in [6, 6.07) is 14.8. The molecule has 1 fully saturated rings. The van der Waals surface area contributed by atoms with Gasteiger partial charge < -0.3 is 14.6 Å². The number of carbonyl (C=O) groups excluding carboxylic acids is 1. The third kappa shape index (κ3) is 5.04. The highest BCUT2D eigenvalue weighted by Crippen LogP contribution is 2.25. The van der Waals surface area contributed by atoms with Crippen molar-refractivity contribution in [2.45, 2.75) is 19.4 Å². The van der Waals surface area contributed by atoms with Crippen molar-refractivity contribution in [2.75, 3.05) is 19.6 Å². The van der Waals surface area contributed by atoms with Gasteiger partial charge in [-0.15, -0.1) is 0 Å². The number of halogens is 2. The maximum atomic E-state index is 12.7. The lowest BCUT2D eigenvalue weighted by Gasteiger charge is -2.32. The first-order valence-electron chi connectivity index (χ1n) is 10.0. The molecule has 1 N–H and O–H groups in total. The van der Waals surface area contributed by atoms with E-state index in [1.807, 2.05) is 35.2 Å². The summed E-state index contributed by atoms with van der Waals surface area (Å²) >= 11 is 12.0. The molecule has 3 heterocycles. The van der Waals surface area contributed by atoms with E-state index in [9.17, 15) is 4.79 Å². The molecule has 0 spiro atoms. The van der Waals surface area contributed by atoms with E-state index in [1.54, 1.807) is 24.5 Å². The van der Waals surface area contributed by atoms with Crippen molar-refractivity contribution in [1.82, 2.24) is 15.2 Å². The molecule has 2 aromatic heterocycles. The van der Waals surface area contributed by atoms with Crippen LogP contribution in [0.25, 0.3) is 11.5 Å². The second-order valence-electron chi connectivity index (χ2n) is 7.49. The fourth-order valence-electron chi connectivity index (χ4n) is 3.70. The average molecular weight is 444 g/mol. The Bertz CT molecular complexity index is 999. The Morgan fingerprint density at radius 1 is 1.10 bits per heavy atom. The van der Waals surface area contributed by atoms with Gasteiger partial charge in [0.2, 0.25) is 0 Å². The monoisotopic (exact) mass is 443 g/mol. The highest BCUT2D eigenvalue weighted by molar-refractivity contribution is 6.42. The van der Waals surface area contributed by atoms with Crippen LogP contribution in [0.15, 0.2) is 59.2 Å². The minimum atomic E-state index is 0.0129. The smallest absolute Gasteiger partial charge is 0.253 e. The van der Waals surface area contributed by atoms with Crippen molar-refractivity contribution in [1.29, 1.82) is 0 Å². The van der Waals surface area contributed by atoms with Gasteiger partial charge in [0.1, 0.15) is 5.69 Å². The SMILES string of the molecule is O=C(c1ccc(Cl)c(Cl)c1)N1CCC(CNCc2cccc(-c3ccco3)n2)CC1. The number of rotatable bonds is 6. The lowest BCUT2D eigenvalue weighted by molar-refractivity contribution is 0.0690. The third-order valence-electron chi connectivity index (χ3n) is 5.39. The normalized spacial score (nSPS) is 14.8. The highest BCUT2D eigenvalue weighted by Gasteiger charge is 2.23. The van der Waals surface area contributed by atoms with Gasteiger partial charge in [-0.1, -0.05) is 29.3 Å². The maximum Gasteiger partial charge on any atom is 0.253 e. The molecule has 1 aromatic carbocycles. The van der Waals surface area contributed by atoms with Crippen molar-refractivity contribution in [3.63, 3.8) is 0 Å². The molecule has 1 saturated heterocycles. The fourth-order valence-corrected chi connectivity index (χ4v) is 3.99. The lowest BCUT2D eigenvalue weighted by Crippen LogP contribution is -2.40. The summed E-state index contributed by atoms with van der Waals surface area (Å²) in [4.78, 5) is 19.2. The van der Waals surface area contributed by atoms with Crippen molar-refractivity contribution >= 4 is 29.1 Å². The van der Waals surface area contributed by atoms with Gasteiger partial charge in [0.15, 0.2) is 5.76 Å². The molecule has 0 bridgehead atoms. The number of nitrogens with one attached hydrogen (secondary N) is 1. The summed E-state index contributed by atoms with van der Waals surface area (Å²) < 4.78 is 5.42. The Labute approximate surface area is 186 Å². The Morgan fingerprint density at radius 3 is 2.67 bits per heavy atom. The van der Waals surface area contributed by atoms with E-state index < -0.39 is 0 Å². The zero-order valence-electron chi connectivity index (χ0n) is 16.5. The Kier molecular flexibility index (Phi) is 6.72. The zero-order valence-corrected chi connectivity index (χ0v) is 18.0. The summed E-state index contributed by atoms with van der Waals surface area (Å²) in [7, 11) is 0. The van der Waals surface area contributed by atoms with Crippen LogP contribution in [0.4, 0.5) is 0 Å². The highest BCUT2D eigenvalue weighted by atomic mass is 35.5. The van der Waals surface area contributed by atoms with Gasteiger partial charge in [0.25, 0.3) is 5.91 Å². The van der Waals surface area contributed by atoms with Crippen LogP contribution >= 0.6 is 23.2 Å². The van der Waals surface area contributed by atoms with Crippen LogP contribution in [-0.2, 0) is 6.54 Å². The molecular formula is C23H23Cl2N3O2. The van der Waals surface area contributed by atoms with Gasteiger partial charge >= 0.3 is 0 Å². The number of furan rings is 1. The average Bonchev–Trinajstić information content (AvgIpc) is 3.31. The number of likely N-dealkylation sites (tertiary alicyclic amines) is 1. The van der Waals surface area contributed by atoms with Crippen LogP contribution in [-0.4, -0.2) is 35.4 Å². The number of piperidine rings is 1. The van der Waals surface area contributed by atoms with E-state index in [-0.39, 0.29) is 5.91 Å². The van der Waals surface area contributed by atoms with Crippen LogP contribution < -0.4 is 5.32 Å². The maximum absolute atomic E-state index is 12.7. The summed E-state index contributed by atoms with van der Waals surface area (Å²) in [5, 5.41) is 4.37. The van der Waals surface area contributed by atoms with Crippen LogP contribution in [0.3, 0.4) is 0 Å². The van der Waals surface area contributed by atoms with Crippen LogP contribution in [0.1, 0.15) is 28.9 Å². The van der Waals surface area contributed by atoms with E-state index in [0.29, 0.717) is 28.1 Å². The quantitative estimate of drug-likeness (QED) is 0.561. The number of amides is 1.